The molecular formula is C8H4ClNO2. The van der Waals surface area contributed by atoms with E-state index in [1.54, 1.807) is 0 Å². The Morgan fingerprint density at radius 2 is 2.00 bits per heavy atom. The van der Waals surface area contributed by atoms with Crippen LogP contribution in [0.25, 0.3) is 0 Å². The highest BCUT2D eigenvalue weighted by Crippen LogP contribution is 2.14. The zero-order chi connectivity index (χ0) is 8.97. The first-order valence-corrected chi connectivity index (χ1v) is 3.51. The molecule has 2 radical (unpaired) electrons. The normalized spacial score (nSPS) is 9.83. The molecule has 4 heteroatoms. The van der Waals surface area contributed by atoms with E-state index in [9.17, 15) is 9.59 Å². The molecule has 0 atom stereocenters. The average molecular weight is 182 g/mol. The number of halogens is 1. The van der Waals surface area contributed by atoms with Crippen LogP contribution in [0.1, 0.15) is 11.5 Å². The Labute approximate surface area is 74.4 Å². The fraction of sp³-hybridized carbons (Fsp3) is 0.125. The van der Waals surface area contributed by atoms with Gasteiger partial charge in [-0.2, -0.15) is 0 Å². The third kappa shape index (κ3) is 1.89. The van der Waals surface area contributed by atoms with Crippen molar-refractivity contribution >= 4 is 24.2 Å². The van der Waals surface area contributed by atoms with Gasteiger partial charge in [0.1, 0.15) is 5.92 Å². The van der Waals surface area contributed by atoms with Crippen LogP contribution in [0.3, 0.4) is 0 Å². The lowest BCUT2D eigenvalue weighted by atomic mass is 10.1. The zero-order valence-electron chi connectivity index (χ0n) is 5.95. The maximum absolute atomic E-state index is 10.2. The summed E-state index contributed by atoms with van der Waals surface area (Å²) in [4.78, 5) is 24.1. The number of nitrogens with zero attached hydrogens (tertiary/aromatic N) is 1. The van der Waals surface area contributed by atoms with Crippen LogP contribution in [0.5, 0.6) is 0 Å². The third-order valence-corrected chi connectivity index (χ3v) is 1.50. The Hall–Kier alpha value is -1.22. The van der Waals surface area contributed by atoms with Crippen molar-refractivity contribution in [2.75, 3.05) is 0 Å². The van der Waals surface area contributed by atoms with Gasteiger partial charge in [0.05, 0.1) is 5.02 Å². The maximum atomic E-state index is 10.2. The first-order valence-electron chi connectivity index (χ1n) is 3.13. The zero-order valence-corrected chi connectivity index (χ0v) is 6.71. The third-order valence-electron chi connectivity index (χ3n) is 1.30. The van der Waals surface area contributed by atoms with Crippen molar-refractivity contribution in [3.8, 4) is 0 Å². The first kappa shape index (κ1) is 8.87. The molecule has 0 fully saturated rings. The van der Waals surface area contributed by atoms with Gasteiger partial charge >= 0.3 is 0 Å². The highest BCUT2D eigenvalue weighted by molar-refractivity contribution is 6.30. The number of pyridine rings is 1. The van der Waals surface area contributed by atoms with Crippen LogP contribution in [-0.2, 0) is 9.59 Å². The van der Waals surface area contributed by atoms with Crippen LogP contribution in [0, 0.1) is 0 Å². The molecule has 0 spiro atoms. The lowest BCUT2D eigenvalue weighted by Crippen LogP contribution is -2.01. The Kier molecular flexibility index (Phi) is 2.94. The summed E-state index contributed by atoms with van der Waals surface area (Å²) >= 11 is 5.58. The predicted octanol–water partition coefficient (Wildman–Crippen LogP) is 1.04. The van der Waals surface area contributed by atoms with E-state index >= 15 is 0 Å². The summed E-state index contributed by atoms with van der Waals surface area (Å²) in [7, 11) is 0. The number of hydrogen-bond acceptors (Lipinski definition) is 3. The average Bonchev–Trinajstić information content (AvgIpc) is 2.07. The summed E-state index contributed by atoms with van der Waals surface area (Å²) in [6, 6.07) is 1.48. The fourth-order valence-corrected chi connectivity index (χ4v) is 0.929. The highest BCUT2D eigenvalue weighted by Gasteiger charge is 2.11. The molecule has 12 heavy (non-hydrogen) atoms. The van der Waals surface area contributed by atoms with E-state index in [1.807, 2.05) is 0 Å². The van der Waals surface area contributed by atoms with Gasteiger partial charge in [0.25, 0.3) is 0 Å². The summed E-state index contributed by atoms with van der Waals surface area (Å²) in [5.74, 6) is -1.00. The second-order valence-electron chi connectivity index (χ2n) is 2.11. The molecule has 1 rings (SSSR count). The van der Waals surface area contributed by atoms with Gasteiger partial charge < -0.3 is 0 Å². The minimum atomic E-state index is -1.00. The Morgan fingerprint density at radius 3 is 2.50 bits per heavy atom. The van der Waals surface area contributed by atoms with Crippen molar-refractivity contribution in [1.29, 1.82) is 0 Å². The molecule has 0 aliphatic rings. The lowest BCUT2D eigenvalue weighted by Gasteiger charge is -1.99. The van der Waals surface area contributed by atoms with Crippen molar-refractivity contribution in [3.63, 3.8) is 0 Å². The maximum Gasteiger partial charge on any atom is 0.214 e. The first-order chi connectivity index (χ1) is 5.77. The monoisotopic (exact) mass is 181 g/mol. The van der Waals surface area contributed by atoms with Crippen LogP contribution in [0.2, 0.25) is 5.02 Å². The SMILES string of the molecule is O=[C]C([C]=O)c1cncc(Cl)c1. The van der Waals surface area contributed by atoms with E-state index in [4.69, 9.17) is 11.6 Å². The molecule has 3 nitrogen and oxygen atoms in total. The minimum Gasteiger partial charge on any atom is -0.290 e. The van der Waals surface area contributed by atoms with Crippen LogP contribution < -0.4 is 0 Å². The molecule has 0 aliphatic carbocycles. The fourth-order valence-electron chi connectivity index (χ4n) is 0.746. The molecule has 0 bridgehead atoms. The molecule has 0 saturated carbocycles. The molecule has 1 aromatic heterocycles. The minimum absolute atomic E-state index is 0.378. The van der Waals surface area contributed by atoms with E-state index in [0.29, 0.717) is 10.6 Å². The van der Waals surface area contributed by atoms with Crippen molar-refractivity contribution in [1.82, 2.24) is 4.98 Å². The predicted molar refractivity (Wildman–Crippen MR) is 43.4 cm³/mol. The number of carbonyl (C=O) groups excluding carboxylic acids is 2. The summed E-state index contributed by atoms with van der Waals surface area (Å²) in [6.45, 7) is 0. The van der Waals surface area contributed by atoms with Crippen LogP contribution in [0.4, 0.5) is 0 Å². The summed E-state index contributed by atoms with van der Waals surface area (Å²) < 4.78 is 0. The molecule has 0 aromatic carbocycles. The van der Waals surface area contributed by atoms with Crippen molar-refractivity contribution in [2.45, 2.75) is 5.92 Å². The quantitative estimate of drug-likeness (QED) is 0.655. The van der Waals surface area contributed by atoms with Crippen LogP contribution in [0.15, 0.2) is 18.5 Å². The molecule has 1 heterocycles. The largest absolute Gasteiger partial charge is 0.290 e. The van der Waals surface area contributed by atoms with Gasteiger partial charge in [-0.05, 0) is 11.6 Å². The molecule has 0 aliphatic heterocycles. The smallest absolute Gasteiger partial charge is 0.214 e. The van der Waals surface area contributed by atoms with Crippen molar-refractivity contribution in [3.05, 3.63) is 29.0 Å². The Morgan fingerprint density at radius 1 is 1.33 bits per heavy atom. The number of hydrogen-bond donors (Lipinski definition) is 0. The van der Waals surface area contributed by atoms with Crippen LogP contribution >= 0.6 is 11.6 Å². The molecule has 0 amide bonds. The van der Waals surface area contributed by atoms with Crippen molar-refractivity contribution in [2.24, 2.45) is 0 Å². The molecule has 0 saturated heterocycles. The van der Waals surface area contributed by atoms with E-state index < -0.39 is 5.92 Å². The van der Waals surface area contributed by atoms with Crippen molar-refractivity contribution < 1.29 is 9.59 Å². The van der Waals surface area contributed by atoms with Crippen LogP contribution in [-0.4, -0.2) is 17.6 Å². The van der Waals surface area contributed by atoms with Gasteiger partial charge in [0.2, 0.25) is 12.6 Å². The van der Waals surface area contributed by atoms with Gasteiger partial charge in [0.15, 0.2) is 0 Å². The lowest BCUT2D eigenvalue weighted by molar-refractivity contribution is 0.534. The number of rotatable bonds is 3. The molecular weight excluding hydrogens is 178 g/mol. The number of aromatic nitrogens is 1. The van der Waals surface area contributed by atoms with Gasteiger partial charge in [-0.1, -0.05) is 11.6 Å². The Bertz CT molecular complexity index is 293. The van der Waals surface area contributed by atoms with Gasteiger partial charge in [-0.25, -0.2) is 0 Å². The molecule has 60 valence electrons. The topological polar surface area (TPSA) is 47.0 Å². The highest BCUT2D eigenvalue weighted by atomic mass is 35.5. The second-order valence-corrected chi connectivity index (χ2v) is 2.54. The second kappa shape index (κ2) is 3.97. The van der Waals surface area contributed by atoms with E-state index in [1.165, 1.54) is 31.0 Å². The summed E-state index contributed by atoms with van der Waals surface area (Å²) in [5.41, 5.74) is 0.410. The van der Waals surface area contributed by atoms with E-state index in [-0.39, 0.29) is 0 Å². The summed E-state index contributed by atoms with van der Waals surface area (Å²) in [6.07, 6.45) is 5.84. The van der Waals surface area contributed by atoms with Gasteiger partial charge in [-0.3, -0.25) is 14.6 Å². The molecule has 0 N–H and O–H groups in total. The molecule has 0 unspecified atom stereocenters. The summed E-state index contributed by atoms with van der Waals surface area (Å²) in [5, 5.41) is 0.378. The van der Waals surface area contributed by atoms with E-state index in [2.05, 4.69) is 4.98 Å². The molecule has 1 aromatic rings. The van der Waals surface area contributed by atoms with E-state index in [0.717, 1.165) is 0 Å². The van der Waals surface area contributed by atoms with Gasteiger partial charge in [-0.15, -0.1) is 0 Å². The standard InChI is InChI=1S/C8H4ClNO2/c9-8-1-6(2-10-3-8)7(4-11)5-12/h1-3,7H. The van der Waals surface area contributed by atoms with Gasteiger partial charge in [0, 0.05) is 12.4 Å². The Balaban J connectivity index is 3.00.